The maximum Gasteiger partial charge on any atom is 0.306 e. The molecular formula is C65H110O6. The largest absolute Gasteiger partial charge is 0.462 e. The fourth-order valence-corrected chi connectivity index (χ4v) is 8.12. The zero-order valence-corrected chi connectivity index (χ0v) is 46.5. The van der Waals surface area contributed by atoms with Gasteiger partial charge in [-0.1, -0.05) is 253 Å². The summed E-state index contributed by atoms with van der Waals surface area (Å²) in [4.78, 5) is 38.2. The van der Waals surface area contributed by atoms with E-state index in [1.54, 1.807) is 0 Å². The van der Waals surface area contributed by atoms with Gasteiger partial charge in [-0.05, 0) is 103 Å². The van der Waals surface area contributed by atoms with E-state index in [-0.39, 0.29) is 31.1 Å². The standard InChI is InChI=1S/C65H110O6/c1-4-7-10-13-16-19-22-25-27-29-30-31-32-33-34-36-37-40-43-46-49-52-55-58-64(67)70-61-62(60-69-63(66)57-54-51-48-45-42-39-24-21-18-15-12-9-6-3)71-65(68)59-56-53-50-47-44-41-38-35-28-26-23-20-17-14-11-8-5-2/h7,10,16-17,19-20,25-28,30-31,33-34,37,40,62H,4-6,8-9,11-15,18,21-24,29,32,35-36,38-39,41-61H2,1-3H3/b10-7-,19-16-,20-17-,27-25-,28-26-,31-30-,34-33-,40-37-. The number of unbranched alkanes of at least 4 members (excludes halogenated alkanes) is 26. The average molecular weight is 988 g/mol. The van der Waals surface area contributed by atoms with E-state index < -0.39 is 6.10 Å². The molecule has 0 aliphatic carbocycles. The van der Waals surface area contributed by atoms with E-state index >= 15 is 0 Å². The number of ether oxygens (including phenoxy) is 3. The Balaban J connectivity index is 4.42. The van der Waals surface area contributed by atoms with Crippen LogP contribution in [0.15, 0.2) is 97.2 Å². The van der Waals surface area contributed by atoms with Crippen molar-refractivity contribution in [3.05, 3.63) is 97.2 Å². The lowest BCUT2D eigenvalue weighted by atomic mass is 10.0. The SMILES string of the molecule is CC/C=C\C/C=C\C/C=C\C/C=C\C/C=C\C/C=C\CCCCCCC(=O)OCC(COC(=O)CCCCCCCCCCCCCCC)OC(=O)CCCCCCCCC/C=C\C/C=C\CCCCC. The summed E-state index contributed by atoms with van der Waals surface area (Å²) in [6.07, 6.45) is 78.2. The Kier molecular flexibility index (Phi) is 55.9. The van der Waals surface area contributed by atoms with E-state index in [0.29, 0.717) is 19.3 Å². The zero-order valence-electron chi connectivity index (χ0n) is 46.5. The summed E-state index contributed by atoms with van der Waals surface area (Å²) >= 11 is 0. The summed E-state index contributed by atoms with van der Waals surface area (Å²) in [6, 6.07) is 0. The van der Waals surface area contributed by atoms with E-state index in [4.69, 9.17) is 14.2 Å². The molecule has 0 spiro atoms. The van der Waals surface area contributed by atoms with Gasteiger partial charge in [-0.25, -0.2) is 0 Å². The summed E-state index contributed by atoms with van der Waals surface area (Å²) in [5, 5.41) is 0. The molecular weight excluding hydrogens is 877 g/mol. The van der Waals surface area contributed by atoms with Crippen molar-refractivity contribution < 1.29 is 28.6 Å². The maximum atomic E-state index is 12.9. The van der Waals surface area contributed by atoms with Crippen LogP contribution in [0.4, 0.5) is 0 Å². The minimum Gasteiger partial charge on any atom is -0.462 e. The van der Waals surface area contributed by atoms with E-state index in [2.05, 4.69) is 118 Å². The number of hydrogen-bond acceptors (Lipinski definition) is 6. The first-order chi connectivity index (χ1) is 35.0. The smallest absolute Gasteiger partial charge is 0.306 e. The fourth-order valence-electron chi connectivity index (χ4n) is 8.12. The molecule has 0 bridgehead atoms. The third kappa shape index (κ3) is 57.1. The number of hydrogen-bond donors (Lipinski definition) is 0. The average Bonchev–Trinajstić information content (AvgIpc) is 3.37. The van der Waals surface area contributed by atoms with Crippen LogP contribution in [0, 0.1) is 0 Å². The molecule has 0 saturated carbocycles. The lowest BCUT2D eigenvalue weighted by Gasteiger charge is -2.18. The van der Waals surface area contributed by atoms with Crippen molar-refractivity contribution in [1.82, 2.24) is 0 Å². The van der Waals surface area contributed by atoms with Gasteiger partial charge in [-0.2, -0.15) is 0 Å². The van der Waals surface area contributed by atoms with Crippen molar-refractivity contribution in [2.45, 2.75) is 284 Å². The lowest BCUT2D eigenvalue weighted by Crippen LogP contribution is -2.30. The maximum absolute atomic E-state index is 12.9. The van der Waals surface area contributed by atoms with E-state index in [0.717, 1.165) is 122 Å². The molecule has 0 aliphatic rings. The molecule has 0 heterocycles. The third-order valence-corrected chi connectivity index (χ3v) is 12.6. The van der Waals surface area contributed by atoms with Gasteiger partial charge < -0.3 is 14.2 Å². The minimum atomic E-state index is -0.792. The Morgan fingerprint density at radius 3 is 0.887 bits per heavy atom. The highest BCUT2D eigenvalue weighted by molar-refractivity contribution is 5.71. The number of carbonyl (C=O) groups is 3. The van der Waals surface area contributed by atoms with Crippen molar-refractivity contribution >= 4 is 17.9 Å². The topological polar surface area (TPSA) is 78.9 Å². The van der Waals surface area contributed by atoms with Crippen LogP contribution in [-0.4, -0.2) is 37.2 Å². The van der Waals surface area contributed by atoms with Gasteiger partial charge in [0.05, 0.1) is 0 Å². The normalized spacial score (nSPS) is 12.8. The second kappa shape index (κ2) is 58.9. The highest BCUT2D eigenvalue weighted by Crippen LogP contribution is 2.15. The highest BCUT2D eigenvalue weighted by atomic mass is 16.6. The summed E-state index contributed by atoms with van der Waals surface area (Å²) in [5.74, 6) is -0.915. The predicted molar refractivity (Wildman–Crippen MR) is 307 cm³/mol. The Labute approximate surface area is 438 Å². The van der Waals surface area contributed by atoms with Gasteiger partial charge in [0.25, 0.3) is 0 Å². The van der Waals surface area contributed by atoms with E-state index in [1.807, 2.05) is 0 Å². The van der Waals surface area contributed by atoms with Crippen molar-refractivity contribution in [3.63, 3.8) is 0 Å². The van der Waals surface area contributed by atoms with Crippen molar-refractivity contribution in [3.8, 4) is 0 Å². The number of carbonyl (C=O) groups excluding carboxylic acids is 3. The summed E-state index contributed by atoms with van der Waals surface area (Å²) < 4.78 is 16.9. The van der Waals surface area contributed by atoms with Crippen LogP contribution in [-0.2, 0) is 28.6 Å². The Morgan fingerprint density at radius 2 is 0.549 bits per heavy atom. The van der Waals surface area contributed by atoms with Crippen LogP contribution < -0.4 is 0 Å². The van der Waals surface area contributed by atoms with Crippen LogP contribution in [0.3, 0.4) is 0 Å². The lowest BCUT2D eigenvalue weighted by molar-refractivity contribution is -0.167. The van der Waals surface area contributed by atoms with Crippen LogP contribution in [0.5, 0.6) is 0 Å². The Hall–Kier alpha value is -3.67. The van der Waals surface area contributed by atoms with Crippen LogP contribution in [0.25, 0.3) is 0 Å². The Bertz CT molecular complexity index is 1410. The fraction of sp³-hybridized carbons (Fsp3) is 0.708. The van der Waals surface area contributed by atoms with Gasteiger partial charge in [-0.3, -0.25) is 14.4 Å². The molecule has 6 heteroatoms. The first-order valence-electron chi connectivity index (χ1n) is 29.7. The molecule has 0 radical (unpaired) electrons. The molecule has 0 fully saturated rings. The molecule has 1 unspecified atom stereocenters. The number of esters is 3. The number of allylic oxidation sites excluding steroid dienone is 16. The Morgan fingerprint density at radius 1 is 0.296 bits per heavy atom. The van der Waals surface area contributed by atoms with Gasteiger partial charge in [0.1, 0.15) is 13.2 Å². The van der Waals surface area contributed by atoms with Gasteiger partial charge >= 0.3 is 17.9 Å². The second-order valence-corrected chi connectivity index (χ2v) is 19.5. The van der Waals surface area contributed by atoms with Gasteiger partial charge in [0, 0.05) is 19.3 Å². The van der Waals surface area contributed by atoms with Crippen molar-refractivity contribution in [2.75, 3.05) is 13.2 Å². The zero-order chi connectivity index (χ0) is 51.4. The summed E-state index contributed by atoms with van der Waals surface area (Å²) in [5.41, 5.74) is 0. The van der Waals surface area contributed by atoms with Gasteiger partial charge in [-0.15, -0.1) is 0 Å². The molecule has 0 N–H and O–H groups in total. The van der Waals surface area contributed by atoms with Crippen molar-refractivity contribution in [2.24, 2.45) is 0 Å². The highest BCUT2D eigenvalue weighted by Gasteiger charge is 2.19. The first-order valence-corrected chi connectivity index (χ1v) is 29.7. The molecule has 1 atom stereocenters. The van der Waals surface area contributed by atoms with Gasteiger partial charge in [0.15, 0.2) is 6.10 Å². The molecule has 0 aromatic carbocycles. The monoisotopic (exact) mass is 987 g/mol. The molecule has 0 aliphatic heterocycles. The third-order valence-electron chi connectivity index (χ3n) is 12.6. The molecule has 0 amide bonds. The molecule has 6 nitrogen and oxygen atoms in total. The van der Waals surface area contributed by atoms with Crippen LogP contribution in [0.2, 0.25) is 0 Å². The van der Waals surface area contributed by atoms with Crippen LogP contribution >= 0.6 is 0 Å². The van der Waals surface area contributed by atoms with E-state index in [1.165, 1.54) is 116 Å². The summed E-state index contributed by atoms with van der Waals surface area (Å²) in [6.45, 7) is 6.49. The molecule has 71 heavy (non-hydrogen) atoms. The first kappa shape index (κ1) is 67.3. The minimum absolute atomic E-state index is 0.0875. The molecule has 0 saturated heterocycles. The van der Waals surface area contributed by atoms with E-state index in [9.17, 15) is 14.4 Å². The van der Waals surface area contributed by atoms with Gasteiger partial charge in [0.2, 0.25) is 0 Å². The quantitative estimate of drug-likeness (QED) is 0.0261. The van der Waals surface area contributed by atoms with Crippen molar-refractivity contribution in [1.29, 1.82) is 0 Å². The molecule has 0 rings (SSSR count). The van der Waals surface area contributed by atoms with Crippen LogP contribution in [0.1, 0.15) is 278 Å². The molecule has 0 aromatic heterocycles. The predicted octanol–water partition coefficient (Wildman–Crippen LogP) is 20.1. The molecule has 0 aromatic rings. The second-order valence-electron chi connectivity index (χ2n) is 19.5. The molecule has 406 valence electrons. The summed E-state index contributed by atoms with van der Waals surface area (Å²) in [7, 11) is 0. The number of rotatable bonds is 53.